The molecule has 168 valence electrons. The van der Waals surface area contributed by atoms with Gasteiger partial charge in [-0.05, 0) is 41.7 Å². The molecule has 4 aromatic carbocycles. The van der Waals surface area contributed by atoms with Crippen LogP contribution < -0.4 is 5.73 Å². The predicted octanol–water partition coefficient (Wildman–Crippen LogP) is 5.26. The molecule has 4 rings (SSSR count). The first-order valence-electron chi connectivity index (χ1n) is 11.2. The van der Waals surface area contributed by atoms with Crippen molar-refractivity contribution in [2.45, 2.75) is 18.3 Å². The number of para-hydroxylation sites is 1. The molecule has 34 heavy (non-hydrogen) atoms. The van der Waals surface area contributed by atoms with Crippen LogP contribution in [0.5, 0.6) is 0 Å². The van der Waals surface area contributed by atoms with Crippen LogP contribution in [-0.4, -0.2) is 17.9 Å². The summed E-state index contributed by atoms with van der Waals surface area (Å²) in [7, 11) is 0. The van der Waals surface area contributed by atoms with Crippen molar-refractivity contribution in [2.24, 2.45) is 0 Å². The van der Waals surface area contributed by atoms with Crippen LogP contribution in [0.15, 0.2) is 109 Å². The van der Waals surface area contributed by atoms with E-state index in [1.807, 2.05) is 42.5 Å². The molecule has 0 aromatic heterocycles. The Morgan fingerprint density at radius 1 is 0.676 bits per heavy atom. The first-order chi connectivity index (χ1) is 16.6. The highest BCUT2D eigenvalue weighted by Gasteiger charge is 2.49. The molecule has 2 N–H and O–H groups in total. The van der Waals surface area contributed by atoms with Gasteiger partial charge in [0.2, 0.25) is 0 Å². The number of carbonyl (C=O) groups excluding carboxylic acids is 3. The molecule has 0 aliphatic rings. The third-order valence-corrected chi connectivity index (χ3v) is 6.10. The maximum Gasteiger partial charge on any atom is 0.190 e. The van der Waals surface area contributed by atoms with Crippen LogP contribution in [0.1, 0.15) is 37.4 Å². The van der Waals surface area contributed by atoms with E-state index in [0.29, 0.717) is 24.7 Å². The molecule has 0 saturated carbocycles. The number of rotatable bonds is 9. The van der Waals surface area contributed by atoms with E-state index in [1.54, 1.807) is 66.7 Å². The van der Waals surface area contributed by atoms with Gasteiger partial charge in [-0.15, -0.1) is 0 Å². The van der Waals surface area contributed by atoms with Crippen LogP contribution >= 0.6 is 0 Å². The van der Waals surface area contributed by atoms with E-state index in [0.717, 1.165) is 11.1 Å². The second-order valence-corrected chi connectivity index (χ2v) is 8.18. The molecule has 4 heteroatoms. The quantitative estimate of drug-likeness (QED) is 0.164. The molecule has 0 radical (unpaired) electrons. The van der Waals surface area contributed by atoms with Gasteiger partial charge in [-0.3, -0.25) is 9.59 Å². The van der Waals surface area contributed by atoms with Gasteiger partial charge in [0, 0.05) is 16.8 Å². The first kappa shape index (κ1) is 22.9. The third kappa shape index (κ3) is 4.30. The Bertz CT molecular complexity index is 1320. The van der Waals surface area contributed by atoms with Crippen molar-refractivity contribution >= 4 is 23.5 Å². The molecular formula is C30H25NO3. The summed E-state index contributed by atoms with van der Waals surface area (Å²) < 4.78 is 0. The monoisotopic (exact) mass is 447 g/mol. The SMILES string of the molecule is Nc1ccccc1C(=O)C(C=O)(C(=O)c1ccccc1)c1ccccc1CCc1ccccc1. The smallest absolute Gasteiger partial charge is 0.190 e. The van der Waals surface area contributed by atoms with Crippen molar-refractivity contribution in [3.05, 3.63) is 137 Å². The summed E-state index contributed by atoms with van der Waals surface area (Å²) in [4.78, 5) is 40.9. The number of Topliss-reactive ketones (excluding diaryl/α,β-unsaturated/α-hetero) is 2. The fourth-order valence-corrected chi connectivity index (χ4v) is 4.30. The number of ketones is 2. The number of nitrogens with two attached hydrogens (primary N) is 1. The van der Waals surface area contributed by atoms with E-state index in [9.17, 15) is 14.4 Å². The zero-order chi connectivity index (χ0) is 24.0. The largest absolute Gasteiger partial charge is 0.398 e. The van der Waals surface area contributed by atoms with Gasteiger partial charge in [0.05, 0.1) is 0 Å². The second-order valence-electron chi connectivity index (χ2n) is 8.18. The van der Waals surface area contributed by atoms with E-state index in [4.69, 9.17) is 5.73 Å². The second kappa shape index (κ2) is 10.1. The average molecular weight is 448 g/mol. The zero-order valence-electron chi connectivity index (χ0n) is 18.7. The molecule has 0 aliphatic carbocycles. The number of aryl methyl sites for hydroxylation is 2. The summed E-state index contributed by atoms with van der Waals surface area (Å²) in [6, 6.07) is 32.1. The molecule has 0 bridgehead atoms. The van der Waals surface area contributed by atoms with Crippen molar-refractivity contribution in [2.75, 3.05) is 5.73 Å². The van der Waals surface area contributed by atoms with Crippen molar-refractivity contribution < 1.29 is 14.4 Å². The summed E-state index contributed by atoms with van der Waals surface area (Å²) in [5, 5.41) is 0. The highest BCUT2D eigenvalue weighted by Crippen LogP contribution is 2.35. The van der Waals surface area contributed by atoms with Crippen LogP contribution in [0.25, 0.3) is 0 Å². The minimum Gasteiger partial charge on any atom is -0.398 e. The molecule has 0 spiro atoms. The summed E-state index contributed by atoms with van der Waals surface area (Å²) in [6.45, 7) is 0. The molecule has 4 aromatic rings. The molecule has 1 atom stereocenters. The zero-order valence-corrected chi connectivity index (χ0v) is 18.7. The van der Waals surface area contributed by atoms with Gasteiger partial charge in [0.1, 0.15) is 6.29 Å². The Hall–Kier alpha value is -4.31. The number of anilines is 1. The molecular weight excluding hydrogens is 422 g/mol. The number of hydrogen-bond acceptors (Lipinski definition) is 4. The van der Waals surface area contributed by atoms with E-state index < -0.39 is 17.0 Å². The number of aldehydes is 1. The Balaban J connectivity index is 1.88. The topological polar surface area (TPSA) is 77.2 Å². The van der Waals surface area contributed by atoms with Gasteiger partial charge >= 0.3 is 0 Å². The first-order valence-corrected chi connectivity index (χ1v) is 11.2. The van der Waals surface area contributed by atoms with Gasteiger partial charge in [0.25, 0.3) is 0 Å². The predicted molar refractivity (Wildman–Crippen MR) is 134 cm³/mol. The van der Waals surface area contributed by atoms with E-state index in [1.165, 1.54) is 0 Å². The average Bonchev–Trinajstić information content (AvgIpc) is 2.90. The Morgan fingerprint density at radius 2 is 1.26 bits per heavy atom. The fraction of sp³-hybridized carbons (Fsp3) is 0.100. The summed E-state index contributed by atoms with van der Waals surface area (Å²) in [6.07, 6.45) is 1.75. The van der Waals surface area contributed by atoms with Crippen molar-refractivity contribution in [3.8, 4) is 0 Å². The van der Waals surface area contributed by atoms with Gasteiger partial charge in [-0.25, -0.2) is 0 Å². The minimum atomic E-state index is -2.05. The molecule has 0 amide bonds. The normalized spacial score (nSPS) is 12.5. The highest BCUT2D eigenvalue weighted by atomic mass is 16.2. The fourth-order valence-electron chi connectivity index (χ4n) is 4.30. The van der Waals surface area contributed by atoms with E-state index in [2.05, 4.69) is 0 Å². The number of nitrogen functional groups attached to an aromatic ring is 1. The Labute approximate surface area is 199 Å². The van der Waals surface area contributed by atoms with Crippen molar-refractivity contribution in [1.82, 2.24) is 0 Å². The van der Waals surface area contributed by atoms with Crippen LogP contribution in [-0.2, 0) is 23.1 Å². The lowest BCUT2D eigenvalue weighted by atomic mass is 9.68. The maximum absolute atomic E-state index is 14.0. The summed E-state index contributed by atoms with van der Waals surface area (Å²) in [5.41, 5.74) is 7.01. The Morgan fingerprint density at radius 3 is 1.94 bits per heavy atom. The summed E-state index contributed by atoms with van der Waals surface area (Å²) in [5.74, 6) is -1.19. The van der Waals surface area contributed by atoms with Gasteiger partial charge in [0.15, 0.2) is 17.0 Å². The van der Waals surface area contributed by atoms with Gasteiger partial charge < -0.3 is 10.5 Å². The van der Waals surface area contributed by atoms with Gasteiger partial charge in [-0.1, -0.05) is 97.1 Å². The molecule has 0 fully saturated rings. The highest BCUT2D eigenvalue weighted by molar-refractivity contribution is 6.34. The number of carbonyl (C=O) groups is 3. The maximum atomic E-state index is 14.0. The number of benzene rings is 4. The lowest BCUT2D eigenvalue weighted by Crippen LogP contribution is -2.46. The van der Waals surface area contributed by atoms with E-state index >= 15 is 0 Å². The Kier molecular flexibility index (Phi) is 6.79. The molecule has 0 heterocycles. The molecule has 0 aliphatic heterocycles. The van der Waals surface area contributed by atoms with Crippen molar-refractivity contribution in [1.29, 1.82) is 0 Å². The lowest BCUT2D eigenvalue weighted by Gasteiger charge is -2.29. The van der Waals surface area contributed by atoms with E-state index in [-0.39, 0.29) is 16.8 Å². The van der Waals surface area contributed by atoms with Crippen molar-refractivity contribution in [3.63, 3.8) is 0 Å². The number of hydrogen-bond donors (Lipinski definition) is 1. The molecule has 4 nitrogen and oxygen atoms in total. The lowest BCUT2D eigenvalue weighted by molar-refractivity contribution is -0.110. The van der Waals surface area contributed by atoms with Crippen LogP contribution in [0, 0.1) is 0 Å². The molecule has 0 saturated heterocycles. The molecule has 1 unspecified atom stereocenters. The van der Waals surface area contributed by atoms with Gasteiger partial charge in [-0.2, -0.15) is 0 Å². The van der Waals surface area contributed by atoms with Crippen LogP contribution in [0.2, 0.25) is 0 Å². The van der Waals surface area contributed by atoms with Crippen LogP contribution in [0.3, 0.4) is 0 Å². The minimum absolute atomic E-state index is 0.150. The summed E-state index contributed by atoms with van der Waals surface area (Å²) >= 11 is 0. The third-order valence-electron chi connectivity index (χ3n) is 6.10. The van der Waals surface area contributed by atoms with Crippen LogP contribution in [0.4, 0.5) is 5.69 Å². The standard InChI is InChI=1S/C30H25NO3/c31-27-18-10-8-16-25(27)29(34)30(21-32,28(33)24-14-5-2-6-15-24)26-17-9-7-13-23(26)20-19-22-11-3-1-4-12-22/h1-18,21H,19-20,31H2.